The lowest BCUT2D eigenvalue weighted by molar-refractivity contribution is -0.139. The summed E-state index contributed by atoms with van der Waals surface area (Å²) in [5, 5.41) is 3.02. The fourth-order valence-corrected chi connectivity index (χ4v) is 3.99. The summed E-state index contributed by atoms with van der Waals surface area (Å²) in [6.45, 7) is 0.707. The first-order valence-corrected chi connectivity index (χ1v) is 11.5. The number of aromatic amines is 1. The highest BCUT2D eigenvalue weighted by molar-refractivity contribution is 6.31. The van der Waals surface area contributed by atoms with E-state index in [1.807, 2.05) is 12.2 Å². The van der Waals surface area contributed by atoms with E-state index in [1.165, 1.54) is 17.3 Å². The Labute approximate surface area is 211 Å². The third kappa shape index (κ3) is 5.78. The Balaban J connectivity index is 0.00000253. The third-order valence-electron chi connectivity index (χ3n) is 5.51. The maximum absolute atomic E-state index is 12.8. The molecular weight excluding hydrogens is 503 g/mol. The smallest absolute Gasteiger partial charge is 0.409 e. The van der Waals surface area contributed by atoms with Crippen molar-refractivity contribution in [1.29, 1.82) is 0 Å². The second-order valence-corrected chi connectivity index (χ2v) is 8.53. The van der Waals surface area contributed by atoms with Gasteiger partial charge in [-0.25, -0.2) is 19.7 Å². The standard InChI is InChI=1S/C22H23ClF3N7O3.2H2/c1-2-7-36-21(35)32-5-6-33(16(11-32)20(34)30-12-22(24,25)26)17-3-4-27-19(31-17)15-10-29-18-14(15)8-13(23)9-28-18;;/h3-4,8-10,16H,2,5-7,11-12H2,1H3,(H,28,29)(H,30,34);2*1H/t16-;;/m0../s1. The molecule has 1 atom stereocenters. The highest BCUT2D eigenvalue weighted by Gasteiger charge is 2.37. The molecule has 0 radical (unpaired) electrons. The van der Waals surface area contributed by atoms with Crippen LogP contribution in [-0.2, 0) is 9.53 Å². The zero-order valence-electron chi connectivity index (χ0n) is 19.2. The maximum Gasteiger partial charge on any atom is 0.409 e. The molecule has 3 aromatic rings. The van der Waals surface area contributed by atoms with Gasteiger partial charge in [-0.1, -0.05) is 18.5 Å². The molecule has 1 aliphatic heterocycles. The average molecular weight is 530 g/mol. The fourth-order valence-electron chi connectivity index (χ4n) is 3.83. The van der Waals surface area contributed by atoms with E-state index >= 15 is 0 Å². The van der Waals surface area contributed by atoms with Crippen LogP contribution in [0.4, 0.5) is 23.8 Å². The van der Waals surface area contributed by atoms with Crippen molar-refractivity contribution in [3.8, 4) is 11.4 Å². The fraction of sp³-hybridized carbons (Fsp3) is 0.409. The van der Waals surface area contributed by atoms with Gasteiger partial charge in [-0.2, -0.15) is 13.2 Å². The third-order valence-corrected chi connectivity index (χ3v) is 5.71. The zero-order valence-corrected chi connectivity index (χ0v) is 19.9. The first-order chi connectivity index (χ1) is 17.2. The van der Waals surface area contributed by atoms with Crippen molar-refractivity contribution in [3.05, 3.63) is 35.7 Å². The Morgan fingerprint density at radius 2 is 2.14 bits per heavy atom. The number of ether oxygens (including phenoxy) is 1. The summed E-state index contributed by atoms with van der Waals surface area (Å²) in [4.78, 5) is 44.2. The van der Waals surface area contributed by atoms with Gasteiger partial charge in [-0.05, 0) is 18.6 Å². The lowest BCUT2D eigenvalue weighted by atomic mass is 10.1. The number of hydrogen-bond donors (Lipinski definition) is 2. The Bertz CT molecular complexity index is 1260. The molecule has 0 unspecified atom stereocenters. The number of halogens is 4. The molecule has 2 amide bonds. The summed E-state index contributed by atoms with van der Waals surface area (Å²) >= 11 is 6.08. The van der Waals surface area contributed by atoms with E-state index < -0.39 is 30.8 Å². The summed E-state index contributed by atoms with van der Waals surface area (Å²) in [6.07, 6.45) is 0.0535. The number of rotatable bonds is 6. The second kappa shape index (κ2) is 10.6. The van der Waals surface area contributed by atoms with Gasteiger partial charge in [0.15, 0.2) is 5.82 Å². The quantitative estimate of drug-likeness (QED) is 0.497. The lowest BCUT2D eigenvalue weighted by Crippen LogP contribution is -2.61. The number of piperazine rings is 1. The molecule has 0 aliphatic carbocycles. The monoisotopic (exact) mass is 529 g/mol. The number of amides is 2. The van der Waals surface area contributed by atoms with Crippen LogP contribution in [0.25, 0.3) is 22.4 Å². The predicted molar refractivity (Wildman–Crippen MR) is 130 cm³/mol. The number of nitrogens with zero attached hydrogens (tertiary/aromatic N) is 5. The van der Waals surface area contributed by atoms with Crippen LogP contribution in [0.5, 0.6) is 0 Å². The van der Waals surface area contributed by atoms with Gasteiger partial charge >= 0.3 is 12.3 Å². The van der Waals surface area contributed by atoms with Crippen molar-refractivity contribution in [1.82, 2.24) is 30.2 Å². The number of hydrogen-bond acceptors (Lipinski definition) is 7. The molecule has 0 bridgehead atoms. The molecule has 2 N–H and O–H groups in total. The SMILES string of the molecule is CCCOC(=O)N1CCN(c2ccnc(-c3c[nH]c4ncc(Cl)cc34)n2)[C@H](C(=O)NCC(F)(F)F)C1.[HH].[HH]. The normalized spacial score (nSPS) is 16.3. The minimum atomic E-state index is -4.58. The van der Waals surface area contributed by atoms with Gasteiger partial charge in [-0.3, -0.25) is 4.79 Å². The molecule has 10 nitrogen and oxygen atoms in total. The first kappa shape index (κ1) is 25.5. The molecule has 3 aromatic heterocycles. The van der Waals surface area contributed by atoms with Crippen LogP contribution in [0.3, 0.4) is 0 Å². The molecule has 1 fully saturated rings. The van der Waals surface area contributed by atoms with Gasteiger partial charge in [0.05, 0.1) is 18.2 Å². The predicted octanol–water partition coefficient (Wildman–Crippen LogP) is 3.88. The van der Waals surface area contributed by atoms with E-state index in [0.717, 1.165) is 0 Å². The lowest BCUT2D eigenvalue weighted by Gasteiger charge is -2.40. The molecule has 36 heavy (non-hydrogen) atoms. The molecule has 4 heterocycles. The topological polar surface area (TPSA) is 116 Å². The van der Waals surface area contributed by atoms with Crippen LogP contribution in [-0.4, -0.2) is 81.8 Å². The summed E-state index contributed by atoms with van der Waals surface area (Å²) < 4.78 is 43.4. The van der Waals surface area contributed by atoms with Gasteiger partial charge in [0.2, 0.25) is 5.91 Å². The van der Waals surface area contributed by atoms with Crippen molar-refractivity contribution in [2.24, 2.45) is 0 Å². The van der Waals surface area contributed by atoms with E-state index in [-0.39, 0.29) is 29.1 Å². The number of H-pyrrole nitrogens is 1. The molecule has 1 aliphatic rings. The van der Waals surface area contributed by atoms with Crippen molar-refractivity contribution in [2.45, 2.75) is 25.6 Å². The maximum atomic E-state index is 12.8. The molecule has 0 saturated carbocycles. The van der Waals surface area contributed by atoms with E-state index in [4.69, 9.17) is 16.3 Å². The first-order valence-electron chi connectivity index (χ1n) is 11.1. The average Bonchev–Trinajstić information content (AvgIpc) is 3.28. The van der Waals surface area contributed by atoms with Crippen molar-refractivity contribution in [2.75, 3.05) is 37.7 Å². The molecule has 0 spiro atoms. The van der Waals surface area contributed by atoms with Crippen LogP contribution in [0.1, 0.15) is 16.2 Å². The number of nitrogens with one attached hydrogen (secondary N) is 2. The van der Waals surface area contributed by atoms with E-state index in [1.54, 1.807) is 23.2 Å². The van der Waals surface area contributed by atoms with Gasteiger partial charge in [0.25, 0.3) is 0 Å². The van der Waals surface area contributed by atoms with Gasteiger partial charge in [-0.15, -0.1) is 0 Å². The highest BCUT2D eigenvalue weighted by Crippen LogP contribution is 2.29. The number of carbonyl (C=O) groups excluding carboxylic acids is 2. The number of fused-ring (bicyclic) bond motifs is 1. The number of carbonyl (C=O) groups is 2. The molecule has 0 aromatic carbocycles. The number of aromatic nitrogens is 4. The molecule has 4 rings (SSSR count). The largest absolute Gasteiger partial charge is 0.449 e. The number of alkyl halides is 3. The molecule has 196 valence electrons. The molecular formula is C22H27ClF3N7O3. The van der Waals surface area contributed by atoms with Crippen LogP contribution in [0.2, 0.25) is 5.02 Å². The van der Waals surface area contributed by atoms with Crippen LogP contribution >= 0.6 is 11.6 Å². The van der Waals surface area contributed by atoms with E-state index in [0.29, 0.717) is 39.7 Å². The summed E-state index contributed by atoms with van der Waals surface area (Å²) in [6, 6.07) is 2.13. The summed E-state index contributed by atoms with van der Waals surface area (Å²) in [5.41, 5.74) is 1.19. The van der Waals surface area contributed by atoms with Crippen LogP contribution in [0, 0.1) is 0 Å². The summed E-state index contributed by atoms with van der Waals surface area (Å²) in [7, 11) is 0. The summed E-state index contributed by atoms with van der Waals surface area (Å²) in [5.74, 6) is -0.260. The van der Waals surface area contributed by atoms with Crippen LogP contribution < -0.4 is 10.2 Å². The van der Waals surface area contributed by atoms with Gasteiger partial charge in [0.1, 0.15) is 24.1 Å². The Morgan fingerprint density at radius 1 is 1.33 bits per heavy atom. The Hall–Kier alpha value is -3.61. The van der Waals surface area contributed by atoms with Crippen molar-refractivity contribution >= 4 is 40.5 Å². The minimum Gasteiger partial charge on any atom is -0.449 e. The van der Waals surface area contributed by atoms with E-state index in [2.05, 4.69) is 19.9 Å². The minimum absolute atomic E-state index is 0. The Kier molecular flexibility index (Phi) is 7.48. The zero-order chi connectivity index (χ0) is 25.9. The highest BCUT2D eigenvalue weighted by atomic mass is 35.5. The number of anilines is 1. The molecule has 1 saturated heterocycles. The second-order valence-electron chi connectivity index (χ2n) is 8.09. The van der Waals surface area contributed by atoms with Gasteiger partial charge in [0, 0.05) is 45.5 Å². The molecule has 14 heteroatoms. The van der Waals surface area contributed by atoms with Crippen molar-refractivity contribution in [3.63, 3.8) is 0 Å². The Morgan fingerprint density at radius 3 is 2.89 bits per heavy atom. The van der Waals surface area contributed by atoms with E-state index in [9.17, 15) is 22.8 Å². The van der Waals surface area contributed by atoms with Crippen LogP contribution in [0.15, 0.2) is 30.7 Å². The number of pyridine rings is 1. The van der Waals surface area contributed by atoms with Gasteiger partial charge < -0.3 is 24.8 Å². The van der Waals surface area contributed by atoms with Crippen molar-refractivity contribution < 1.29 is 30.4 Å².